The van der Waals surface area contributed by atoms with Crippen molar-refractivity contribution in [3.63, 3.8) is 0 Å². The molecule has 0 heteroatoms. The van der Waals surface area contributed by atoms with E-state index in [-0.39, 0.29) is 0 Å². The van der Waals surface area contributed by atoms with Gasteiger partial charge in [0.2, 0.25) is 0 Å². The van der Waals surface area contributed by atoms with Crippen LogP contribution in [0.2, 0.25) is 0 Å². The fourth-order valence-electron chi connectivity index (χ4n) is 1.58. The Bertz CT molecular complexity index is 163. The predicted molar refractivity (Wildman–Crippen MR) is 50.5 cm³/mol. The molecule has 0 saturated heterocycles. The number of allylic oxidation sites excluding steroid dienone is 4. The van der Waals surface area contributed by atoms with Gasteiger partial charge in [-0.3, -0.25) is 0 Å². The summed E-state index contributed by atoms with van der Waals surface area (Å²) in [7, 11) is 0. The minimum absolute atomic E-state index is 0.847. The zero-order chi connectivity index (χ0) is 8.10. The zero-order valence-electron chi connectivity index (χ0n) is 7.64. The van der Waals surface area contributed by atoms with Crippen LogP contribution < -0.4 is 0 Å². The molecule has 11 heavy (non-hydrogen) atoms. The molecule has 0 aromatic carbocycles. The monoisotopic (exact) mass is 150 g/mol. The van der Waals surface area contributed by atoms with Gasteiger partial charge in [-0.15, -0.1) is 0 Å². The smallest absolute Gasteiger partial charge is 0.0168 e. The van der Waals surface area contributed by atoms with Crippen LogP contribution >= 0.6 is 0 Å². The van der Waals surface area contributed by atoms with Gasteiger partial charge in [-0.05, 0) is 25.7 Å². The van der Waals surface area contributed by atoms with Gasteiger partial charge in [0.05, 0.1) is 0 Å². The Morgan fingerprint density at radius 3 is 3.00 bits per heavy atom. The number of rotatable bonds is 3. The highest BCUT2D eigenvalue weighted by molar-refractivity contribution is 5.18. The highest BCUT2D eigenvalue weighted by Crippen LogP contribution is 2.24. The van der Waals surface area contributed by atoms with Gasteiger partial charge in [-0.2, -0.15) is 0 Å². The summed E-state index contributed by atoms with van der Waals surface area (Å²) in [6, 6.07) is 0. The summed E-state index contributed by atoms with van der Waals surface area (Å²) in [6.45, 7) is 4.52. The predicted octanol–water partition coefficient (Wildman–Crippen LogP) is 3.70. The third kappa shape index (κ3) is 2.53. The quantitative estimate of drug-likeness (QED) is 0.575. The summed E-state index contributed by atoms with van der Waals surface area (Å²) in [5.74, 6) is 0.847. The van der Waals surface area contributed by atoms with Crippen molar-refractivity contribution in [1.82, 2.24) is 0 Å². The second-order valence-electron chi connectivity index (χ2n) is 3.41. The molecule has 1 rings (SSSR count). The van der Waals surface area contributed by atoms with Crippen molar-refractivity contribution in [2.45, 2.75) is 39.5 Å². The summed E-state index contributed by atoms with van der Waals surface area (Å²) in [5, 5.41) is 0. The Balaban J connectivity index is 2.35. The first kappa shape index (κ1) is 8.58. The van der Waals surface area contributed by atoms with Crippen LogP contribution in [0.1, 0.15) is 39.5 Å². The van der Waals surface area contributed by atoms with Crippen molar-refractivity contribution in [1.29, 1.82) is 0 Å². The van der Waals surface area contributed by atoms with Crippen molar-refractivity contribution < 1.29 is 0 Å². The Labute approximate surface area is 70.0 Å². The second kappa shape index (κ2) is 4.38. The minimum atomic E-state index is 0.847. The van der Waals surface area contributed by atoms with Crippen LogP contribution in [0.15, 0.2) is 23.8 Å². The molecule has 0 aromatic rings. The van der Waals surface area contributed by atoms with Gasteiger partial charge in [-0.25, -0.2) is 0 Å². The van der Waals surface area contributed by atoms with Crippen LogP contribution in [0.5, 0.6) is 0 Å². The van der Waals surface area contributed by atoms with Crippen LogP contribution in [0.25, 0.3) is 0 Å². The topological polar surface area (TPSA) is 0 Å². The molecule has 0 spiro atoms. The van der Waals surface area contributed by atoms with E-state index in [9.17, 15) is 0 Å². The minimum Gasteiger partial charge on any atom is -0.0839 e. The SMILES string of the molecule is CCCCC1CC=CC=C1C. The van der Waals surface area contributed by atoms with Gasteiger partial charge in [0.15, 0.2) is 0 Å². The lowest BCUT2D eigenvalue weighted by Crippen LogP contribution is -2.02. The molecule has 1 atom stereocenters. The maximum atomic E-state index is 2.29. The molecule has 0 aromatic heterocycles. The number of hydrogen-bond donors (Lipinski definition) is 0. The molecule has 1 aliphatic rings. The normalized spacial score (nSPS) is 23.5. The molecule has 0 fully saturated rings. The maximum absolute atomic E-state index is 2.29. The molecule has 0 heterocycles. The molecular formula is C11H18. The third-order valence-corrected chi connectivity index (χ3v) is 2.47. The lowest BCUT2D eigenvalue weighted by molar-refractivity contribution is 0.531. The first-order chi connectivity index (χ1) is 5.34. The number of unbranched alkanes of at least 4 members (excludes halogenated alkanes) is 1. The number of hydrogen-bond acceptors (Lipinski definition) is 0. The van der Waals surface area contributed by atoms with Crippen LogP contribution in [0, 0.1) is 5.92 Å². The maximum Gasteiger partial charge on any atom is -0.0168 e. The molecule has 0 nitrogen and oxygen atoms in total. The van der Waals surface area contributed by atoms with Crippen LogP contribution in [0.4, 0.5) is 0 Å². The van der Waals surface area contributed by atoms with E-state index >= 15 is 0 Å². The first-order valence-corrected chi connectivity index (χ1v) is 4.68. The average molecular weight is 150 g/mol. The Morgan fingerprint density at radius 2 is 2.36 bits per heavy atom. The molecule has 0 bridgehead atoms. The largest absolute Gasteiger partial charge is 0.0839 e. The van der Waals surface area contributed by atoms with Gasteiger partial charge in [-0.1, -0.05) is 43.6 Å². The highest BCUT2D eigenvalue weighted by Gasteiger charge is 2.09. The van der Waals surface area contributed by atoms with Crippen LogP contribution in [-0.2, 0) is 0 Å². The van der Waals surface area contributed by atoms with Crippen molar-refractivity contribution >= 4 is 0 Å². The summed E-state index contributed by atoms with van der Waals surface area (Å²) in [6.07, 6.45) is 12.1. The van der Waals surface area contributed by atoms with E-state index < -0.39 is 0 Å². The van der Waals surface area contributed by atoms with Gasteiger partial charge < -0.3 is 0 Å². The van der Waals surface area contributed by atoms with Crippen LogP contribution in [-0.4, -0.2) is 0 Å². The molecule has 1 unspecified atom stereocenters. The summed E-state index contributed by atoms with van der Waals surface area (Å²) in [5.41, 5.74) is 1.57. The summed E-state index contributed by atoms with van der Waals surface area (Å²) < 4.78 is 0. The fourth-order valence-corrected chi connectivity index (χ4v) is 1.58. The van der Waals surface area contributed by atoms with E-state index in [2.05, 4.69) is 32.1 Å². The van der Waals surface area contributed by atoms with E-state index in [1.165, 1.54) is 25.7 Å². The molecule has 1 aliphatic carbocycles. The van der Waals surface area contributed by atoms with E-state index in [0.29, 0.717) is 0 Å². The van der Waals surface area contributed by atoms with Crippen molar-refractivity contribution in [3.05, 3.63) is 23.8 Å². The van der Waals surface area contributed by atoms with E-state index in [0.717, 1.165) is 5.92 Å². The molecule has 0 radical (unpaired) electrons. The summed E-state index contributed by atoms with van der Waals surface area (Å²) >= 11 is 0. The lowest BCUT2D eigenvalue weighted by Gasteiger charge is -2.17. The first-order valence-electron chi connectivity index (χ1n) is 4.68. The average Bonchev–Trinajstić information content (AvgIpc) is 2.03. The van der Waals surface area contributed by atoms with E-state index in [1.807, 2.05) is 0 Å². The van der Waals surface area contributed by atoms with Gasteiger partial charge >= 0.3 is 0 Å². The van der Waals surface area contributed by atoms with Crippen LogP contribution in [0.3, 0.4) is 0 Å². The van der Waals surface area contributed by atoms with Crippen molar-refractivity contribution in [3.8, 4) is 0 Å². The van der Waals surface area contributed by atoms with Crippen molar-refractivity contribution in [2.75, 3.05) is 0 Å². The molecule has 0 aliphatic heterocycles. The molecule has 0 saturated carbocycles. The molecule has 0 N–H and O–H groups in total. The molecular weight excluding hydrogens is 132 g/mol. The summed E-state index contributed by atoms with van der Waals surface area (Å²) in [4.78, 5) is 0. The standard InChI is InChI=1S/C11H18/c1-3-4-8-11-9-6-5-7-10(11)2/h5-7,11H,3-4,8-9H2,1-2H3. The van der Waals surface area contributed by atoms with Gasteiger partial charge in [0, 0.05) is 0 Å². The Hall–Kier alpha value is -0.520. The lowest BCUT2D eigenvalue weighted by atomic mass is 9.88. The molecule has 62 valence electrons. The Morgan fingerprint density at radius 1 is 1.55 bits per heavy atom. The van der Waals surface area contributed by atoms with Crippen molar-refractivity contribution in [2.24, 2.45) is 5.92 Å². The van der Waals surface area contributed by atoms with E-state index in [4.69, 9.17) is 0 Å². The molecule has 0 amide bonds. The second-order valence-corrected chi connectivity index (χ2v) is 3.41. The van der Waals surface area contributed by atoms with Gasteiger partial charge in [0.25, 0.3) is 0 Å². The van der Waals surface area contributed by atoms with Gasteiger partial charge in [0.1, 0.15) is 0 Å². The van der Waals surface area contributed by atoms with E-state index in [1.54, 1.807) is 5.57 Å². The zero-order valence-corrected chi connectivity index (χ0v) is 7.64. The Kier molecular flexibility index (Phi) is 3.41. The fraction of sp³-hybridized carbons (Fsp3) is 0.636. The third-order valence-electron chi connectivity index (χ3n) is 2.47. The highest BCUT2D eigenvalue weighted by atomic mass is 14.1.